The van der Waals surface area contributed by atoms with Crippen LogP contribution in [0.2, 0.25) is 0 Å². The monoisotopic (exact) mass is 259 g/mol. The smallest absolute Gasteiger partial charge is 0.438 e. The molecule has 0 aliphatic heterocycles. The summed E-state index contributed by atoms with van der Waals surface area (Å²) >= 11 is 0. The molecule has 4 heteroatoms. The molecule has 0 fully saturated rings. The molecule has 4 nitrogen and oxygen atoms in total. The highest BCUT2D eigenvalue weighted by Gasteiger charge is 2.19. The van der Waals surface area contributed by atoms with Crippen LogP contribution in [0.4, 0.5) is 4.79 Å². The predicted octanol–water partition coefficient (Wildman–Crippen LogP) is 3.50. The minimum atomic E-state index is -0.716. The molecule has 0 aliphatic carbocycles. The Kier molecular flexibility index (Phi) is 3.60. The number of carbonyl (C=O) groups excluding carboxylic acids is 1. The third kappa shape index (κ3) is 2.34. The van der Waals surface area contributed by atoms with E-state index >= 15 is 0 Å². The number of benzene rings is 1. The van der Waals surface area contributed by atoms with Crippen LogP contribution in [-0.2, 0) is 16.5 Å². The van der Waals surface area contributed by atoms with Gasteiger partial charge in [0.15, 0.2) is 6.10 Å². The molecule has 0 saturated heterocycles. The fourth-order valence-electron chi connectivity index (χ4n) is 2.30. The molecular weight excluding hydrogens is 242 g/mol. The summed E-state index contributed by atoms with van der Waals surface area (Å²) in [5.41, 5.74) is 3.16. The second-order valence-corrected chi connectivity index (χ2v) is 4.37. The molecule has 1 atom stereocenters. The number of ether oxygens (including phenoxy) is 2. The van der Waals surface area contributed by atoms with Crippen LogP contribution >= 0.6 is 0 Å². The average Bonchev–Trinajstić information content (AvgIpc) is 2.74. The molecule has 1 aromatic carbocycles. The van der Waals surface area contributed by atoms with E-state index in [1.807, 2.05) is 29.8 Å². The summed E-state index contributed by atoms with van der Waals surface area (Å²) < 4.78 is 11.7. The molecule has 0 bridgehead atoms. The normalized spacial score (nSPS) is 12.2. The summed E-state index contributed by atoms with van der Waals surface area (Å²) in [6.07, 6.45) is 0.344. The minimum Gasteiger partial charge on any atom is -0.438 e. The number of fused-ring (bicyclic) bond motifs is 1. The Balaban J connectivity index is 2.49. The highest BCUT2D eigenvalue weighted by atomic mass is 16.7. The third-order valence-corrected chi connectivity index (χ3v) is 3.19. The Labute approximate surface area is 112 Å². The van der Waals surface area contributed by atoms with E-state index in [9.17, 15) is 4.79 Å². The van der Waals surface area contributed by atoms with Crippen molar-refractivity contribution < 1.29 is 14.3 Å². The SMILES string of the molecule is C=CC(OC(=O)OC)c1cc2cccc(C)c2n1C. The summed E-state index contributed by atoms with van der Waals surface area (Å²) in [5, 5.41) is 1.11. The standard InChI is InChI=1S/C15H17NO3/c1-5-13(19-15(17)18-4)12-9-11-8-6-7-10(2)14(11)16(12)3/h5-9,13H,1H2,2-4H3. The molecular formula is C15H17NO3. The van der Waals surface area contributed by atoms with Crippen molar-refractivity contribution in [3.8, 4) is 0 Å². The molecule has 2 rings (SSSR count). The number of nitrogens with zero attached hydrogens (tertiary/aromatic N) is 1. The Morgan fingerprint density at radius 3 is 2.79 bits per heavy atom. The highest BCUT2D eigenvalue weighted by molar-refractivity contribution is 5.84. The van der Waals surface area contributed by atoms with Gasteiger partial charge in [-0.25, -0.2) is 4.79 Å². The largest absolute Gasteiger partial charge is 0.508 e. The van der Waals surface area contributed by atoms with E-state index in [-0.39, 0.29) is 0 Å². The van der Waals surface area contributed by atoms with Gasteiger partial charge in [0.05, 0.1) is 18.3 Å². The third-order valence-electron chi connectivity index (χ3n) is 3.19. The van der Waals surface area contributed by atoms with Crippen molar-refractivity contribution >= 4 is 17.1 Å². The Hall–Kier alpha value is -2.23. The number of carbonyl (C=O) groups is 1. The Bertz CT molecular complexity index is 628. The van der Waals surface area contributed by atoms with E-state index in [0.717, 1.165) is 16.6 Å². The lowest BCUT2D eigenvalue weighted by molar-refractivity contribution is 0.0503. The van der Waals surface area contributed by atoms with Crippen LogP contribution in [-0.4, -0.2) is 17.8 Å². The van der Waals surface area contributed by atoms with Crippen LogP contribution in [0.25, 0.3) is 10.9 Å². The fourth-order valence-corrected chi connectivity index (χ4v) is 2.30. The maximum Gasteiger partial charge on any atom is 0.508 e. The van der Waals surface area contributed by atoms with Crippen molar-refractivity contribution in [2.24, 2.45) is 7.05 Å². The van der Waals surface area contributed by atoms with Gasteiger partial charge in [-0.1, -0.05) is 24.8 Å². The van der Waals surface area contributed by atoms with Crippen LogP contribution in [0.3, 0.4) is 0 Å². The zero-order valence-electron chi connectivity index (χ0n) is 11.3. The van der Waals surface area contributed by atoms with Gasteiger partial charge < -0.3 is 14.0 Å². The lowest BCUT2D eigenvalue weighted by Gasteiger charge is -2.14. The zero-order chi connectivity index (χ0) is 14.0. The molecule has 1 aromatic heterocycles. The first-order valence-corrected chi connectivity index (χ1v) is 6.00. The summed E-state index contributed by atoms with van der Waals surface area (Å²) in [6.45, 7) is 5.76. The van der Waals surface area contributed by atoms with Crippen molar-refractivity contribution in [3.63, 3.8) is 0 Å². The van der Waals surface area contributed by atoms with Crippen molar-refractivity contribution in [2.45, 2.75) is 13.0 Å². The molecule has 100 valence electrons. The Morgan fingerprint density at radius 1 is 1.47 bits per heavy atom. The van der Waals surface area contributed by atoms with Gasteiger partial charge in [-0.3, -0.25) is 0 Å². The number of aryl methyl sites for hydroxylation is 2. The quantitative estimate of drug-likeness (QED) is 0.625. The summed E-state index contributed by atoms with van der Waals surface area (Å²) in [6, 6.07) is 8.09. The second kappa shape index (κ2) is 5.18. The summed E-state index contributed by atoms with van der Waals surface area (Å²) in [7, 11) is 3.23. The first-order valence-electron chi connectivity index (χ1n) is 6.00. The molecule has 19 heavy (non-hydrogen) atoms. The Morgan fingerprint density at radius 2 is 2.21 bits per heavy atom. The van der Waals surface area contributed by atoms with Gasteiger partial charge in [0.25, 0.3) is 0 Å². The maximum atomic E-state index is 11.2. The van der Waals surface area contributed by atoms with E-state index < -0.39 is 12.3 Å². The number of methoxy groups -OCH3 is 1. The predicted molar refractivity (Wildman–Crippen MR) is 74.1 cm³/mol. The lowest BCUT2D eigenvalue weighted by atomic mass is 10.1. The van der Waals surface area contributed by atoms with Crippen molar-refractivity contribution in [1.82, 2.24) is 4.57 Å². The number of hydrogen-bond donors (Lipinski definition) is 0. The molecule has 1 heterocycles. The van der Waals surface area contributed by atoms with Crippen LogP contribution in [0, 0.1) is 6.92 Å². The first-order chi connectivity index (χ1) is 9.08. The van der Waals surface area contributed by atoms with E-state index in [4.69, 9.17) is 4.74 Å². The molecule has 0 radical (unpaired) electrons. The van der Waals surface area contributed by atoms with Crippen LogP contribution < -0.4 is 0 Å². The van der Waals surface area contributed by atoms with Crippen molar-refractivity contribution in [2.75, 3.05) is 7.11 Å². The number of rotatable bonds is 3. The summed E-state index contributed by atoms with van der Waals surface area (Å²) in [4.78, 5) is 11.2. The molecule has 1 unspecified atom stereocenters. The van der Waals surface area contributed by atoms with E-state index in [0.29, 0.717) is 0 Å². The second-order valence-electron chi connectivity index (χ2n) is 4.37. The highest BCUT2D eigenvalue weighted by Crippen LogP contribution is 2.28. The van der Waals surface area contributed by atoms with Gasteiger partial charge in [-0.15, -0.1) is 0 Å². The van der Waals surface area contributed by atoms with Gasteiger partial charge in [-0.2, -0.15) is 0 Å². The minimum absolute atomic E-state index is 0.524. The fraction of sp³-hybridized carbons (Fsp3) is 0.267. The van der Waals surface area contributed by atoms with Crippen LogP contribution in [0.1, 0.15) is 17.4 Å². The number of hydrogen-bond acceptors (Lipinski definition) is 3. The zero-order valence-corrected chi connectivity index (χ0v) is 11.3. The summed E-state index contributed by atoms with van der Waals surface area (Å²) in [5.74, 6) is 0. The molecule has 0 saturated carbocycles. The van der Waals surface area contributed by atoms with E-state index in [1.54, 1.807) is 6.08 Å². The van der Waals surface area contributed by atoms with Gasteiger partial charge >= 0.3 is 6.16 Å². The molecule has 0 amide bonds. The lowest BCUT2D eigenvalue weighted by Crippen LogP contribution is -2.12. The van der Waals surface area contributed by atoms with Gasteiger partial charge in [0, 0.05) is 12.4 Å². The van der Waals surface area contributed by atoms with Gasteiger partial charge in [0.2, 0.25) is 0 Å². The van der Waals surface area contributed by atoms with Crippen molar-refractivity contribution in [3.05, 3.63) is 48.2 Å². The van der Waals surface area contributed by atoms with Crippen LogP contribution in [0.5, 0.6) is 0 Å². The van der Waals surface area contributed by atoms with Crippen LogP contribution in [0.15, 0.2) is 36.9 Å². The molecule has 0 aliphatic rings. The number of aromatic nitrogens is 1. The molecule has 2 aromatic rings. The molecule has 0 N–H and O–H groups in total. The van der Waals surface area contributed by atoms with Gasteiger partial charge in [-0.05, 0) is 24.6 Å². The van der Waals surface area contributed by atoms with Gasteiger partial charge in [0.1, 0.15) is 0 Å². The maximum absolute atomic E-state index is 11.2. The average molecular weight is 259 g/mol. The van der Waals surface area contributed by atoms with Crippen molar-refractivity contribution in [1.29, 1.82) is 0 Å². The molecule has 0 spiro atoms. The number of para-hydroxylation sites is 1. The first kappa shape index (κ1) is 13.2. The van der Waals surface area contributed by atoms with E-state index in [2.05, 4.69) is 24.3 Å². The van der Waals surface area contributed by atoms with E-state index in [1.165, 1.54) is 12.7 Å². The topological polar surface area (TPSA) is 40.5 Å².